The average molecular weight is 223 g/mol. The Balaban J connectivity index is 4.71. The first-order valence-electron chi connectivity index (χ1n) is 4.34. The van der Waals surface area contributed by atoms with Gasteiger partial charge in [0.1, 0.15) is 0 Å². The number of carboxylic acid groups (broad SMARTS) is 1. The summed E-state index contributed by atoms with van der Waals surface area (Å²) in [5.41, 5.74) is 0. The maximum Gasteiger partial charge on any atom is 0.325 e. The fraction of sp³-hybridized carbons (Fsp3) is 0.875. The summed E-state index contributed by atoms with van der Waals surface area (Å²) in [4.78, 5) is 10.7. The van der Waals surface area contributed by atoms with E-state index in [-0.39, 0.29) is 12.5 Å². The molecule has 0 aliphatic carbocycles. The minimum absolute atomic E-state index is 0.148. The third kappa shape index (κ3) is 2.95. The second-order valence-corrected chi connectivity index (χ2v) is 6.38. The predicted molar refractivity (Wildman–Crippen MR) is 53.5 cm³/mol. The van der Waals surface area contributed by atoms with Gasteiger partial charge in [0, 0.05) is 6.54 Å². The van der Waals surface area contributed by atoms with Crippen LogP contribution in [0.4, 0.5) is 0 Å². The third-order valence-electron chi connectivity index (χ3n) is 1.87. The number of carbonyl (C=O) groups is 1. The molecule has 0 aromatic carbocycles. The molecule has 0 aromatic heterocycles. The van der Waals surface area contributed by atoms with Crippen LogP contribution in [0.5, 0.6) is 0 Å². The van der Waals surface area contributed by atoms with Crippen molar-refractivity contribution in [1.82, 2.24) is 4.72 Å². The summed E-state index contributed by atoms with van der Waals surface area (Å²) in [6.45, 7) is 6.27. The third-order valence-corrected chi connectivity index (χ3v) is 3.93. The fourth-order valence-electron chi connectivity index (χ4n) is 0.572. The molecule has 0 aromatic rings. The Morgan fingerprint density at radius 3 is 2.14 bits per heavy atom. The normalized spacial score (nSPS) is 13.2. The SMILES string of the molecule is CC(C)CNS(=O)(=O)C(C)(C)C(=O)O. The fourth-order valence-corrected chi connectivity index (χ4v) is 1.72. The van der Waals surface area contributed by atoms with Gasteiger partial charge in [0.25, 0.3) is 0 Å². The molecule has 0 atom stereocenters. The second-order valence-electron chi connectivity index (χ2n) is 4.06. The Labute approximate surface area is 84.6 Å². The lowest BCUT2D eigenvalue weighted by Gasteiger charge is -2.20. The van der Waals surface area contributed by atoms with E-state index in [2.05, 4.69) is 4.72 Å². The highest BCUT2D eigenvalue weighted by atomic mass is 32.2. The van der Waals surface area contributed by atoms with Crippen molar-refractivity contribution < 1.29 is 18.3 Å². The molecule has 0 aliphatic rings. The summed E-state index contributed by atoms with van der Waals surface area (Å²) in [7, 11) is -3.80. The molecule has 0 aliphatic heterocycles. The van der Waals surface area contributed by atoms with E-state index in [4.69, 9.17) is 5.11 Å². The van der Waals surface area contributed by atoms with Gasteiger partial charge in [-0.25, -0.2) is 13.1 Å². The van der Waals surface area contributed by atoms with Crippen molar-refractivity contribution in [3.05, 3.63) is 0 Å². The molecule has 0 fully saturated rings. The lowest BCUT2D eigenvalue weighted by atomic mass is 10.2. The molecule has 0 amide bonds. The van der Waals surface area contributed by atoms with E-state index in [1.54, 1.807) is 0 Å². The van der Waals surface area contributed by atoms with E-state index in [0.717, 1.165) is 13.8 Å². The van der Waals surface area contributed by atoms with Crippen molar-refractivity contribution in [3.8, 4) is 0 Å². The summed E-state index contributed by atoms with van der Waals surface area (Å²) in [6, 6.07) is 0. The first kappa shape index (κ1) is 13.4. The molecule has 0 saturated carbocycles. The van der Waals surface area contributed by atoms with Crippen LogP contribution in [0.3, 0.4) is 0 Å². The number of hydrogen-bond donors (Lipinski definition) is 2. The van der Waals surface area contributed by atoms with Gasteiger partial charge < -0.3 is 5.11 Å². The highest BCUT2D eigenvalue weighted by Gasteiger charge is 2.41. The minimum Gasteiger partial charge on any atom is -0.480 e. The van der Waals surface area contributed by atoms with Gasteiger partial charge in [-0.2, -0.15) is 0 Å². The van der Waals surface area contributed by atoms with E-state index in [1.807, 2.05) is 13.8 Å². The summed E-state index contributed by atoms with van der Waals surface area (Å²) in [5, 5.41) is 8.72. The van der Waals surface area contributed by atoms with Crippen LogP contribution in [0.1, 0.15) is 27.7 Å². The maximum atomic E-state index is 11.5. The van der Waals surface area contributed by atoms with Crippen LogP contribution < -0.4 is 4.72 Å². The zero-order valence-electron chi connectivity index (χ0n) is 8.86. The number of hydrogen-bond acceptors (Lipinski definition) is 3. The molecule has 0 heterocycles. The van der Waals surface area contributed by atoms with E-state index >= 15 is 0 Å². The van der Waals surface area contributed by atoms with Crippen molar-refractivity contribution in [3.63, 3.8) is 0 Å². The molecule has 0 radical (unpaired) electrons. The van der Waals surface area contributed by atoms with Crippen molar-refractivity contribution in [2.75, 3.05) is 6.54 Å². The summed E-state index contributed by atoms with van der Waals surface area (Å²) < 4.78 is 23.5. The van der Waals surface area contributed by atoms with Crippen LogP contribution in [0, 0.1) is 5.92 Å². The van der Waals surface area contributed by atoms with Crippen LogP contribution in [-0.2, 0) is 14.8 Å². The first-order chi connectivity index (χ1) is 6.11. The molecule has 0 saturated heterocycles. The number of sulfonamides is 1. The molecular weight excluding hydrogens is 206 g/mol. The van der Waals surface area contributed by atoms with Crippen molar-refractivity contribution >= 4 is 16.0 Å². The van der Waals surface area contributed by atoms with Gasteiger partial charge in [-0.1, -0.05) is 13.8 Å². The molecule has 0 unspecified atom stereocenters. The molecule has 5 nitrogen and oxygen atoms in total. The van der Waals surface area contributed by atoms with E-state index < -0.39 is 20.7 Å². The minimum atomic E-state index is -3.80. The topological polar surface area (TPSA) is 83.5 Å². The molecule has 6 heteroatoms. The lowest BCUT2D eigenvalue weighted by molar-refractivity contribution is -0.139. The standard InChI is InChI=1S/C8H17NO4S/c1-6(2)5-9-14(12,13)8(3,4)7(10)11/h6,9H,5H2,1-4H3,(H,10,11). The van der Waals surface area contributed by atoms with Gasteiger partial charge in [-0.15, -0.1) is 0 Å². The Bertz CT molecular complexity index is 305. The van der Waals surface area contributed by atoms with Gasteiger partial charge in [0.15, 0.2) is 4.75 Å². The van der Waals surface area contributed by atoms with Crippen molar-refractivity contribution in [2.24, 2.45) is 5.92 Å². The van der Waals surface area contributed by atoms with E-state index in [1.165, 1.54) is 0 Å². The molecule has 14 heavy (non-hydrogen) atoms. The molecular formula is C8H17NO4S. The quantitative estimate of drug-likeness (QED) is 0.707. The number of nitrogens with one attached hydrogen (secondary N) is 1. The van der Waals surface area contributed by atoms with Gasteiger partial charge >= 0.3 is 5.97 Å². The molecule has 0 bridgehead atoms. The van der Waals surface area contributed by atoms with Crippen molar-refractivity contribution in [1.29, 1.82) is 0 Å². The molecule has 2 N–H and O–H groups in total. The maximum absolute atomic E-state index is 11.5. The van der Waals surface area contributed by atoms with E-state index in [0.29, 0.717) is 0 Å². The summed E-state index contributed by atoms with van der Waals surface area (Å²) >= 11 is 0. The Kier molecular flexibility index (Phi) is 4.08. The van der Waals surface area contributed by atoms with Crippen LogP contribution in [0.15, 0.2) is 0 Å². The van der Waals surface area contributed by atoms with Gasteiger partial charge in [-0.3, -0.25) is 4.79 Å². The van der Waals surface area contributed by atoms with Crippen molar-refractivity contribution in [2.45, 2.75) is 32.4 Å². The molecule has 84 valence electrons. The second kappa shape index (κ2) is 4.27. The summed E-state index contributed by atoms with van der Waals surface area (Å²) in [6.07, 6.45) is 0. The van der Waals surface area contributed by atoms with Gasteiger partial charge in [0.05, 0.1) is 0 Å². The summed E-state index contributed by atoms with van der Waals surface area (Å²) in [5.74, 6) is -1.21. The highest BCUT2D eigenvalue weighted by Crippen LogP contribution is 2.15. The largest absolute Gasteiger partial charge is 0.480 e. The van der Waals surface area contributed by atoms with Gasteiger partial charge in [0.2, 0.25) is 10.0 Å². The zero-order chi connectivity index (χ0) is 11.6. The Morgan fingerprint density at radius 1 is 1.43 bits per heavy atom. The molecule has 0 spiro atoms. The monoisotopic (exact) mass is 223 g/mol. The lowest BCUT2D eigenvalue weighted by Crippen LogP contribution is -2.48. The smallest absolute Gasteiger partial charge is 0.325 e. The average Bonchev–Trinajstić information content (AvgIpc) is 2.00. The van der Waals surface area contributed by atoms with Crippen LogP contribution >= 0.6 is 0 Å². The van der Waals surface area contributed by atoms with Crippen LogP contribution in [-0.4, -0.2) is 30.8 Å². The first-order valence-corrected chi connectivity index (χ1v) is 5.82. The van der Waals surface area contributed by atoms with E-state index in [9.17, 15) is 13.2 Å². The molecule has 0 rings (SSSR count). The van der Waals surface area contributed by atoms with Gasteiger partial charge in [-0.05, 0) is 19.8 Å². The van der Waals surface area contributed by atoms with Crippen LogP contribution in [0.2, 0.25) is 0 Å². The number of aliphatic carboxylic acids is 1. The zero-order valence-corrected chi connectivity index (χ0v) is 9.68. The highest BCUT2D eigenvalue weighted by molar-refractivity contribution is 7.91. The Hall–Kier alpha value is -0.620. The number of carboxylic acids is 1. The number of rotatable bonds is 5. The Morgan fingerprint density at radius 2 is 1.86 bits per heavy atom. The van der Waals surface area contributed by atoms with Crippen LogP contribution in [0.25, 0.3) is 0 Å². The predicted octanol–water partition coefficient (Wildman–Crippen LogP) is 0.425.